The van der Waals surface area contributed by atoms with E-state index in [0.717, 1.165) is 0 Å². The topological polar surface area (TPSA) is 26.3 Å². The Morgan fingerprint density at radius 2 is 1.92 bits per heavy atom. The third kappa shape index (κ3) is 2.08. The minimum atomic E-state index is -0.703. The van der Waals surface area contributed by atoms with Crippen LogP contribution in [0.25, 0.3) is 0 Å². The lowest BCUT2D eigenvalue weighted by Gasteiger charge is -2.04. The predicted molar refractivity (Wildman–Crippen MR) is 53.1 cm³/mol. The zero-order valence-electron chi connectivity index (χ0n) is 6.61. The largest absolute Gasteiger partial charge is 0.465 e. The standard InChI is InChI=1S/C8H5Br2FO2/c1-13-8(12)6-4(9)2-3-5(10)7(6)11/h2-3H,1H3. The van der Waals surface area contributed by atoms with E-state index in [-0.39, 0.29) is 10.0 Å². The van der Waals surface area contributed by atoms with Crippen LogP contribution in [0.1, 0.15) is 10.4 Å². The zero-order valence-corrected chi connectivity index (χ0v) is 9.78. The number of methoxy groups -OCH3 is 1. The molecule has 0 unspecified atom stereocenters. The minimum absolute atomic E-state index is 0.100. The van der Waals surface area contributed by atoms with E-state index in [1.54, 1.807) is 6.07 Å². The van der Waals surface area contributed by atoms with Crippen LogP contribution in [0.2, 0.25) is 0 Å². The van der Waals surface area contributed by atoms with Crippen molar-refractivity contribution in [3.63, 3.8) is 0 Å². The van der Waals surface area contributed by atoms with Crippen LogP contribution in [0.3, 0.4) is 0 Å². The Kier molecular flexibility index (Phi) is 3.44. The molecule has 5 heteroatoms. The van der Waals surface area contributed by atoms with Gasteiger partial charge in [0.25, 0.3) is 0 Å². The van der Waals surface area contributed by atoms with Crippen molar-refractivity contribution in [3.05, 3.63) is 32.5 Å². The number of carbonyl (C=O) groups excluding carboxylic acids is 1. The molecule has 1 aromatic carbocycles. The molecule has 0 heterocycles. The van der Waals surface area contributed by atoms with Crippen molar-refractivity contribution >= 4 is 37.8 Å². The Bertz CT molecular complexity index is 352. The molecule has 0 bridgehead atoms. The lowest BCUT2D eigenvalue weighted by atomic mass is 10.2. The fourth-order valence-corrected chi connectivity index (χ4v) is 1.61. The van der Waals surface area contributed by atoms with Crippen LogP contribution in [0, 0.1) is 5.82 Å². The highest BCUT2D eigenvalue weighted by Crippen LogP contribution is 2.26. The van der Waals surface area contributed by atoms with E-state index in [1.807, 2.05) is 0 Å². The Morgan fingerprint density at radius 1 is 1.38 bits per heavy atom. The molecule has 0 radical (unpaired) electrons. The van der Waals surface area contributed by atoms with Gasteiger partial charge in [-0.05, 0) is 44.0 Å². The summed E-state index contributed by atoms with van der Waals surface area (Å²) in [6.45, 7) is 0. The Balaban J connectivity index is 3.33. The summed E-state index contributed by atoms with van der Waals surface area (Å²) >= 11 is 6.04. The van der Waals surface area contributed by atoms with Crippen molar-refractivity contribution in [2.75, 3.05) is 7.11 Å². The first-order chi connectivity index (χ1) is 6.07. The van der Waals surface area contributed by atoms with Crippen molar-refractivity contribution in [2.45, 2.75) is 0 Å². The van der Waals surface area contributed by atoms with E-state index in [9.17, 15) is 9.18 Å². The molecule has 0 spiro atoms. The van der Waals surface area contributed by atoms with Crippen LogP contribution in [0.15, 0.2) is 21.1 Å². The number of esters is 1. The summed E-state index contributed by atoms with van der Waals surface area (Å²) in [6.07, 6.45) is 0. The van der Waals surface area contributed by atoms with Crippen LogP contribution >= 0.6 is 31.9 Å². The Morgan fingerprint density at radius 3 is 2.46 bits per heavy atom. The maximum Gasteiger partial charge on any atom is 0.342 e. The first-order valence-electron chi connectivity index (χ1n) is 3.29. The summed E-state index contributed by atoms with van der Waals surface area (Å²) in [7, 11) is 1.20. The number of hydrogen-bond donors (Lipinski definition) is 0. The maximum absolute atomic E-state index is 13.3. The number of halogens is 3. The van der Waals surface area contributed by atoms with E-state index in [4.69, 9.17) is 0 Å². The van der Waals surface area contributed by atoms with Crippen LogP contribution in [-0.2, 0) is 4.74 Å². The maximum atomic E-state index is 13.3. The molecule has 0 aliphatic rings. The van der Waals surface area contributed by atoms with Gasteiger partial charge in [-0.1, -0.05) is 0 Å². The van der Waals surface area contributed by atoms with Crippen LogP contribution < -0.4 is 0 Å². The van der Waals surface area contributed by atoms with Gasteiger partial charge in [0.2, 0.25) is 0 Å². The highest BCUT2D eigenvalue weighted by molar-refractivity contribution is 9.11. The van der Waals surface area contributed by atoms with E-state index >= 15 is 0 Å². The van der Waals surface area contributed by atoms with Crippen molar-refractivity contribution in [2.24, 2.45) is 0 Å². The molecular formula is C8H5Br2FO2. The smallest absolute Gasteiger partial charge is 0.342 e. The average molecular weight is 312 g/mol. The molecule has 0 aliphatic carbocycles. The Labute approximate surface area is 91.3 Å². The molecular weight excluding hydrogens is 307 g/mol. The summed E-state index contributed by atoms with van der Waals surface area (Å²) in [5.74, 6) is -1.33. The molecule has 0 aromatic heterocycles. The minimum Gasteiger partial charge on any atom is -0.465 e. The highest BCUT2D eigenvalue weighted by atomic mass is 79.9. The average Bonchev–Trinajstić information content (AvgIpc) is 2.12. The van der Waals surface area contributed by atoms with Crippen molar-refractivity contribution < 1.29 is 13.9 Å². The fourth-order valence-electron chi connectivity index (χ4n) is 0.816. The molecule has 0 N–H and O–H groups in total. The SMILES string of the molecule is COC(=O)c1c(Br)ccc(Br)c1F. The van der Waals surface area contributed by atoms with E-state index in [0.29, 0.717) is 4.47 Å². The van der Waals surface area contributed by atoms with Gasteiger partial charge in [-0.2, -0.15) is 0 Å². The number of hydrogen-bond acceptors (Lipinski definition) is 2. The number of benzene rings is 1. The van der Waals surface area contributed by atoms with E-state index < -0.39 is 11.8 Å². The molecule has 1 aromatic rings. The lowest BCUT2D eigenvalue weighted by molar-refractivity contribution is 0.0594. The van der Waals surface area contributed by atoms with E-state index in [2.05, 4.69) is 36.6 Å². The molecule has 0 fully saturated rings. The molecule has 0 aliphatic heterocycles. The summed E-state index contributed by atoms with van der Waals surface area (Å²) in [6, 6.07) is 3.07. The van der Waals surface area contributed by atoms with Gasteiger partial charge in [0.15, 0.2) is 5.82 Å². The normalized spacial score (nSPS) is 9.85. The third-order valence-corrected chi connectivity index (χ3v) is 2.71. The van der Waals surface area contributed by atoms with Crippen molar-refractivity contribution in [1.82, 2.24) is 0 Å². The van der Waals surface area contributed by atoms with Crippen LogP contribution in [0.5, 0.6) is 0 Å². The fraction of sp³-hybridized carbons (Fsp3) is 0.125. The zero-order chi connectivity index (χ0) is 10.0. The van der Waals surface area contributed by atoms with Gasteiger partial charge in [0.1, 0.15) is 5.56 Å². The molecule has 0 atom stereocenters. The van der Waals surface area contributed by atoms with Gasteiger partial charge in [-0.15, -0.1) is 0 Å². The van der Waals surface area contributed by atoms with Gasteiger partial charge < -0.3 is 4.74 Å². The van der Waals surface area contributed by atoms with E-state index in [1.165, 1.54) is 13.2 Å². The third-order valence-electron chi connectivity index (χ3n) is 1.43. The molecule has 70 valence electrons. The number of rotatable bonds is 1. The molecule has 13 heavy (non-hydrogen) atoms. The van der Waals surface area contributed by atoms with Gasteiger partial charge in [-0.25, -0.2) is 9.18 Å². The van der Waals surface area contributed by atoms with Crippen molar-refractivity contribution in [3.8, 4) is 0 Å². The van der Waals surface area contributed by atoms with Gasteiger partial charge in [0.05, 0.1) is 11.6 Å². The highest BCUT2D eigenvalue weighted by Gasteiger charge is 2.18. The molecule has 1 rings (SSSR count). The van der Waals surface area contributed by atoms with Gasteiger partial charge in [0, 0.05) is 4.47 Å². The summed E-state index contributed by atoms with van der Waals surface area (Å²) in [5, 5.41) is 0. The second kappa shape index (κ2) is 4.19. The molecule has 0 amide bonds. The van der Waals surface area contributed by atoms with Crippen molar-refractivity contribution in [1.29, 1.82) is 0 Å². The lowest BCUT2D eigenvalue weighted by Crippen LogP contribution is -2.05. The predicted octanol–water partition coefficient (Wildman–Crippen LogP) is 3.14. The monoisotopic (exact) mass is 310 g/mol. The first kappa shape index (κ1) is 10.7. The van der Waals surface area contributed by atoms with Gasteiger partial charge >= 0.3 is 5.97 Å². The van der Waals surface area contributed by atoms with Crippen LogP contribution in [-0.4, -0.2) is 13.1 Å². The number of ether oxygens (including phenoxy) is 1. The van der Waals surface area contributed by atoms with Gasteiger partial charge in [-0.3, -0.25) is 0 Å². The first-order valence-corrected chi connectivity index (χ1v) is 4.88. The number of carbonyl (C=O) groups is 1. The molecule has 2 nitrogen and oxygen atoms in total. The Hall–Kier alpha value is -0.420. The molecule has 0 saturated heterocycles. The summed E-state index contributed by atoms with van der Waals surface area (Å²) < 4.78 is 18.4. The summed E-state index contributed by atoms with van der Waals surface area (Å²) in [4.78, 5) is 11.1. The summed E-state index contributed by atoms with van der Waals surface area (Å²) in [5.41, 5.74) is -0.100. The van der Waals surface area contributed by atoms with Crippen LogP contribution in [0.4, 0.5) is 4.39 Å². The second-order valence-electron chi connectivity index (χ2n) is 2.21. The second-order valence-corrected chi connectivity index (χ2v) is 3.92. The molecule has 0 saturated carbocycles. The quantitative estimate of drug-likeness (QED) is 0.588.